The quantitative estimate of drug-likeness (QED) is 0.271. The van der Waals surface area contributed by atoms with Gasteiger partial charge in [0, 0.05) is 30.3 Å². The second-order valence-corrected chi connectivity index (χ2v) is 11.2. The zero-order valence-electron chi connectivity index (χ0n) is 22.8. The molecule has 7 nitrogen and oxygen atoms in total. The van der Waals surface area contributed by atoms with E-state index in [1.54, 1.807) is 6.21 Å². The first kappa shape index (κ1) is 28.1. The van der Waals surface area contributed by atoms with Crippen LogP contribution in [-0.2, 0) is 11.2 Å². The van der Waals surface area contributed by atoms with E-state index in [9.17, 15) is 14.7 Å². The summed E-state index contributed by atoms with van der Waals surface area (Å²) in [6.07, 6.45) is 10.3. The molecule has 40 heavy (non-hydrogen) atoms. The Hall–Kier alpha value is -3.42. The minimum atomic E-state index is -0.430. The number of rotatable bonds is 8. The first-order valence-electron chi connectivity index (χ1n) is 14.3. The van der Waals surface area contributed by atoms with Crippen LogP contribution in [0.4, 0.5) is 0 Å². The summed E-state index contributed by atoms with van der Waals surface area (Å²) in [7, 11) is 0. The zero-order chi connectivity index (χ0) is 27.9. The van der Waals surface area contributed by atoms with E-state index < -0.39 is 5.91 Å². The molecule has 1 unspecified atom stereocenters. The Morgan fingerprint density at radius 3 is 2.55 bits per heavy atom. The van der Waals surface area contributed by atoms with E-state index in [-0.39, 0.29) is 16.7 Å². The number of amides is 2. The Morgan fingerprint density at radius 2 is 1.75 bits per heavy atom. The monoisotopic (exact) mass is 560 g/mol. The van der Waals surface area contributed by atoms with Gasteiger partial charge in [-0.2, -0.15) is 5.10 Å². The van der Waals surface area contributed by atoms with E-state index >= 15 is 0 Å². The number of phenols is 1. The van der Waals surface area contributed by atoms with Crippen molar-refractivity contribution in [1.29, 1.82) is 0 Å². The van der Waals surface area contributed by atoms with Gasteiger partial charge in [0.15, 0.2) is 0 Å². The van der Waals surface area contributed by atoms with Crippen LogP contribution in [0.2, 0.25) is 5.02 Å². The van der Waals surface area contributed by atoms with Crippen molar-refractivity contribution < 1.29 is 14.7 Å². The SMILES string of the molecule is O=C(NN=Cc1ccc(CC(=O)N2CCCCC2CCN2CCCCC2)c2ccccc12)c1ccc(O)c(Cl)c1. The molecule has 0 saturated carbocycles. The third-order valence-electron chi connectivity index (χ3n) is 8.14. The summed E-state index contributed by atoms with van der Waals surface area (Å²) in [5.41, 5.74) is 4.65. The standard InChI is InChI=1S/C32H37ClN4O3/c33-29-20-24(13-14-30(29)38)32(40)35-34-22-25-12-11-23(27-9-2-3-10-28(25)27)21-31(39)37-18-7-4-8-26(37)15-19-36-16-5-1-6-17-36/h2-3,9-14,20,22,26,38H,1,4-8,15-19,21H2,(H,35,40). The highest BCUT2D eigenvalue weighted by molar-refractivity contribution is 6.32. The minimum Gasteiger partial charge on any atom is -0.506 e. The molecule has 0 aliphatic carbocycles. The van der Waals surface area contributed by atoms with Gasteiger partial charge in [-0.15, -0.1) is 0 Å². The number of carbonyl (C=O) groups excluding carboxylic acids is 2. The lowest BCUT2D eigenvalue weighted by atomic mass is 9.95. The molecular formula is C32H37ClN4O3. The average molecular weight is 561 g/mol. The third-order valence-corrected chi connectivity index (χ3v) is 8.45. The molecule has 0 aromatic heterocycles. The van der Waals surface area contributed by atoms with E-state index in [0.717, 1.165) is 54.3 Å². The zero-order valence-corrected chi connectivity index (χ0v) is 23.6. The maximum atomic E-state index is 13.6. The predicted molar refractivity (Wildman–Crippen MR) is 160 cm³/mol. The maximum absolute atomic E-state index is 13.6. The molecule has 2 N–H and O–H groups in total. The molecule has 2 heterocycles. The Bertz CT molecular complexity index is 1390. The van der Waals surface area contributed by atoms with Gasteiger partial charge in [-0.05, 0) is 86.1 Å². The van der Waals surface area contributed by atoms with Crippen LogP contribution in [0.15, 0.2) is 59.7 Å². The van der Waals surface area contributed by atoms with Gasteiger partial charge >= 0.3 is 0 Å². The molecule has 2 saturated heterocycles. The Labute approximate surface area is 240 Å². The number of fused-ring (bicyclic) bond motifs is 1. The number of phenolic OH excluding ortho intramolecular Hbond substituents is 1. The van der Waals surface area contributed by atoms with Crippen molar-refractivity contribution in [2.45, 2.75) is 57.4 Å². The second kappa shape index (κ2) is 13.3. The van der Waals surface area contributed by atoms with Gasteiger partial charge < -0.3 is 14.9 Å². The van der Waals surface area contributed by atoms with Crippen molar-refractivity contribution in [2.75, 3.05) is 26.2 Å². The van der Waals surface area contributed by atoms with E-state index in [4.69, 9.17) is 11.6 Å². The van der Waals surface area contributed by atoms with Crippen LogP contribution in [0, 0.1) is 0 Å². The van der Waals surface area contributed by atoms with Gasteiger partial charge in [-0.1, -0.05) is 54.4 Å². The number of benzene rings is 3. The molecule has 0 spiro atoms. The number of halogens is 1. The lowest BCUT2D eigenvalue weighted by Gasteiger charge is -2.37. The van der Waals surface area contributed by atoms with Crippen molar-refractivity contribution in [3.8, 4) is 5.75 Å². The topological polar surface area (TPSA) is 85.2 Å². The molecule has 8 heteroatoms. The number of carbonyl (C=O) groups is 2. The summed E-state index contributed by atoms with van der Waals surface area (Å²) in [4.78, 5) is 30.7. The fourth-order valence-electron chi connectivity index (χ4n) is 5.93. The molecule has 2 aliphatic rings. The van der Waals surface area contributed by atoms with Crippen molar-refractivity contribution >= 4 is 40.4 Å². The molecule has 5 rings (SSSR count). The Balaban J connectivity index is 1.26. The van der Waals surface area contributed by atoms with Gasteiger partial charge in [0.05, 0.1) is 17.7 Å². The van der Waals surface area contributed by atoms with Crippen LogP contribution < -0.4 is 5.43 Å². The number of hydrogen-bond acceptors (Lipinski definition) is 5. The third kappa shape index (κ3) is 6.83. The summed E-state index contributed by atoms with van der Waals surface area (Å²) >= 11 is 5.91. The van der Waals surface area contributed by atoms with Gasteiger partial charge in [0.1, 0.15) is 5.75 Å². The van der Waals surface area contributed by atoms with Crippen LogP contribution in [0.5, 0.6) is 5.75 Å². The van der Waals surface area contributed by atoms with Crippen LogP contribution >= 0.6 is 11.6 Å². The number of aromatic hydroxyl groups is 1. The molecule has 3 aromatic carbocycles. The number of hydrogen-bond donors (Lipinski definition) is 2. The molecule has 2 amide bonds. The lowest BCUT2D eigenvalue weighted by Crippen LogP contribution is -2.46. The fraction of sp³-hybridized carbons (Fsp3) is 0.406. The van der Waals surface area contributed by atoms with Crippen molar-refractivity contribution in [3.63, 3.8) is 0 Å². The largest absolute Gasteiger partial charge is 0.506 e. The number of nitrogens with zero attached hydrogens (tertiary/aromatic N) is 3. The summed E-state index contributed by atoms with van der Waals surface area (Å²) in [6, 6.07) is 16.5. The smallest absolute Gasteiger partial charge is 0.271 e. The van der Waals surface area contributed by atoms with Crippen molar-refractivity contribution in [3.05, 3.63) is 76.3 Å². The number of piperidine rings is 2. The number of hydrazone groups is 1. The minimum absolute atomic E-state index is 0.0833. The normalized spacial score (nSPS) is 18.3. The van der Waals surface area contributed by atoms with Gasteiger partial charge in [0.2, 0.25) is 5.91 Å². The second-order valence-electron chi connectivity index (χ2n) is 10.8. The highest BCUT2D eigenvalue weighted by atomic mass is 35.5. The Kier molecular flexibility index (Phi) is 9.34. The number of likely N-dealkylation sites (tertiary alicyclic amines) is 2. The first-order chi connectivity index (χ1) is 19.5. The molecule has 3 aromatic rings. The highest BCUT2D eigenvalue weighted by Gasteiger charge is 2.27. The van der Waals surface area contributed by atoms with Crippen LogP contribution in [-0.4, -0.2) is 65.2 Å². The van der Waals surface area contributed by atoms with E-state index in [0.29, 0.717) is 18.0 Å². The van der Waals surface area contributed by atoms with Crippen LogP contribution in [0.1, 0.15) is 66.4 Å². The van der Waals surface area contributed by atoms with Gasteiger partial charge in [-0.25, -0.2) is 5.43 Å². The van der Waals surface area contributed by atoms with Gasteiger partial charge in [0.25, 0.3) is 5.91 Å². The summed E-state index contributed by atoms with van der Waals surface area (Å²) in [5, 5.41) is 15.8. The molecule has 2 fully saturated rings. The molecular weight excluding hydrogens is 524 g/mol. The summed E-state index contributed by atoms with van der Waals surface area (Å²) in [6.45, 7) is 4.31. The number of nitrogens with one attached hydrogen (secondary N) is 1. The fourth-order valence-corrected chi connectivity index (χ4v) is 6.11. The molecule has 2 aliphatic heterocycles. The van der Waals surface area contributed by atoms with Gasteiger partial charge in [-0.3, -0.25) is 9.59 Å². The molecule has 1 atom stereocenters. The summed E-state index contributed by atoms with van der Waals surface area (Å²) in [5.74, 6) is -0.309. The maximum Gasteiger partial charge on any atom is 0.271 e. The van der Waals surface area contributed by atoms with Crippen molar-refractivity contribution in [2.24, 2.45) is 5.10 Å². The predicted octanol–water partition coefficient (Wildman–Crippen LogP) is 5.76. The lowest BCUT2D eigenvalue weighted by molar-refractivity contribution is -0.134. The molecule has 0 radical (unpaired) electrons. The Morgan fingerprint density at radius 1 is 0.975 bits per heavy atom. The first-order valence-corrected chi connectivity index (χ1v) is 14.7. The molecule has 210 valence electrons. The van der Waals surface area contributed by atoms with Crippen LogP contribution in [0.3, 0.4) is 0 Å². The van der Waals surface area contributed by atoms with E-state index in [1.807, 2.05) is 36.4 Å². The molecule has 0 bridgehead atoms. The average Bonchev–Trinajstić information content (AvgIpc) is 2.99. The van der Waals surface area contributed by atoms with Crippen molar-refractivity contribution in [1.82, 2.24) is 15.2 Å². The van der Waals surface area contributed by atoms with E-state index in [2.05, 4.69) is 20.3 Å². The summed E-state index contributed by atoms with van der Waals surface area (Å²) < 4.78 is 0. The van der Waals surface area contributed by atoms with Crippen LogP contribution in [0.25, 0.3) is 10.8 Å². The van der Waals surface area contributed by atoms with E-state index in [1.165, 1.54) is 57.0 Å². The highest BCUT2D eigenvalue weighted by Crippen LogP contribution is 2.26.